The Balaban J connectivity index is 2.23. The lowest BCUT2D eigenvalue weighted by Gasteiger charge is -2.00. The number of aromatic nitrogens is 3. The van der Waals surface area contributed by atoms with Gasteiger partial charge in [0.15, 0.2) is 5.65 Å². The molecule has 0 aliphatic heterocycles. The lowest BCUT2D eigenvalue weighted by molar-refractivity contribution is 0.577. The second-order valence-electron chi connectivity index (χ2n) is 4.50. The molecule has 0 radical (unpaired) electrons. The summed E-state index contributed by atoms with van der Waals surface area (Å²) in [6.45, 7) is 6.50. The Morgan fingerprint density at radius 1 is 1.40 bits per heavy atom. The molecule has 1 N–H and O–H groups in total. The predicted octanol–water partition coefficient (Wildman–Crippen LogP) is 2.85. The minimum Gasteiger partial charge on any atom is -0.341 e. The van der Waals surface area contributed by atoms with E-state index >= 15 is 0 Å². The van der Waals surface area contributed by atoms with E-state index in [0.717, 1.165) is 23.4 Å². The molecule has 15 heavy (non-hydrogen) atoms. The monoisotopic (exact) mass is 203 g/mol. The highest BCUT2D eigenvalue weighted by molar-refractivity contribution is 5.70. The van der Waals surface area contributed by atoms with Gasteiger partial charge in [-0.05, 0) is 30.9 Å². The molecule has 0 unspecified atom stereocenters. The number of rotatable bonds is 3. The topological polar surface area (TPSA) is 41.6 Å². The van der Waals surface area contributed by atoms with Gasteiger partial charge in [0.25, 0.3) is 0 Å². The lowest BCUT2D eigenvalue weighted by Crippen LogP contribution is -1.93. The standard InChI is InChI=1S/C12H17N3/c1-8(2)4-5-11-14-10-6-9(3)7-13-12(10)15-11/h6-8H,4-5H2,1-3H3,(H,13,14,15). The number of nitrogens with one attached hydrogen (secondary N) is 1. The molecule has 0 fully saturated rings. The quantitative estimate of drug-likeness (QED) is 0.833. The van der Waals surface area contributed by atoms with Crippen molar-refractivity contribution in [3.05, 3.63) is 23.7 Å². The van der Waals surface area contributed by atoms with Crippen LogP contribution in [0.5, 0.6) is 0 Å². The van der Waals surface area contributed by atoms with Crippen LogP contribution in [-0.4, -0.2) is 15.0 Å². The Hall–Kier alpha value is -1.38. The third kappa shape index (κ3) is 2.35. The lowest BCUT2D eigenvalue weighted by atomic mass is 10.1. The van der Waals surface area contributed by atoms with Gasteiger partial charge in [0.2, 0.25) is 0 Å². The Kier molecular flexibility index (Phi) is 2.71. The van der Waals surface area contributed by atoms with E-state index in [9.17, 15) is 0 Å². The maximum Gasteiger partial charge on any atom is 0.177 e. The van der Waals surface area contributed by atoms with Crippen LogP contribution in [-0.2, 0) is 6.42 Å². The van der Waals surface area contributed by atoms with Crippen molar-refractivity contribution >= 4 is 11.2 Å². The number of pyridine rings is 1. The molecule has 0 aromatic carbocycles. The summed E-state index contributed by atoms with van der Waals surface area (Å²) in [5, 5.41) is 0. The van der Waals surface area contributed by atoms with Crippen LogP contribution < -0.4 is 0 Å². The van der Waals surface area contributed by atoms with Crippen molar-refractivity contribution < 1.29 is 0 Å². The second kappa shape index (κ2) is 4.01. The Morgan fingerprint density at radius 3 is 2.93 bits per heavy atom. The van der Waals surface area contributed by atoms with E-state index in [2.05, 4.69) is 34.9 Å². The fraction of sp³-hybridized carbons (Fsp3) is 0.500. The summed E-state index contributed by atoms with van der Waals surface area (Å²) < 4.78 is 0. The largest absolute Gasteiger partial charge is 0.341 e. The average Bonchev–Trinajstić information content (AvgIpc) is 2.56. The summed E-state index contributed by atoms with van der Waals surface area (Å²) in [5.74, 6) is 1.77. The molecule has 0 amide bonds. The zero-order valence-electron chi connectivity index (χ0n) is 9.54. The molecule has 80 valence electrons. The van der Waals surface area contributed by atoms with Gasteiger partial charge >= 0.3 is 0 Å². The van der Waals surface area contributed by atoms with Crippen molar-refractivity contribution in [1.29, 1.82) is 0 Å². The van der Waals surface area contributed by atoms with E-state index < -0.39 is 0 Å². The first kappa shape index (κ1) is 10.1. The minimum atomic E-state index is 0.716. The van der Waals surface area contributed by atoms with Gasteiger partial charge in [0.1, 0.15) is 5.82 Å². The fourth-order valence-electron chi connectivity index (χ4n) is 1.60. The number of imidazole rings is 1. The van der Waals surface area contributed by atoms with Gasteiger partial charge in [0.05, 0.1) is 5.52 Å². The number of nitrogens with zero attached hydrogens (tertiary/aromatic N) is 2. The van der Waals surface area contributed by atoms with Crippen molar-refractivity contribution in [2.24, 2.45) is 5.92 Å². The van der Waals surface area contributed by atoms with Crippen LogP contribution in [0.25, 0.3) is 11.2 Å². The Bertz CT molecular complexity index is 457. The van der Waals surface area contributed by atoms with Crippen molar-refractivity contribution in [2.75, 3.05) is 0 Å². The molecule has 0 saturated carbocycles. The van der Waals surface area contributed by atoms with Gasteiger partial charge in [-0.25, -0.2) is 9.97 Å². The molecule has 3 nitrogen and oxygen atoms in total. The molecular formula is C12H17N3. The molecule has 0 atom stereocenters. The van der Waals surface area contributed by atoms with Gasteiger partial charge in [0, 0.05) is 12.6 Å². The highest BCUT2D eigenvalue weighted by atomic mass is 15.0. The van der Waals surface area contributed by atoms with Crippen LogP contribution in [0, 0.1) is 12.8 Å². The highest BCUT2D eigenvalue weighted by Gasteiger charge is 2.04. The molecule has 0 aliphatic carbocycles. The summed E-state index contributed by atoms with van der Waals surface area (Å²) in [4.78, 5) is 12.1. The summed E-state index contributed by atoms with van der Waals surface area (Å²) in [7, 11) is 0. The van der Waals surface area contributed by atoms with Crippen molar-refractivity contribution in [3.63, 3.8) is 0 Å². The third-order valence-corrected chi connectivity index (χ3v) is 2.48. The van der Waals surface area contributed by atoms with Gasteiger partial charge in [-0.3, -0.25) is 0 Å². The summed E-state index contributed by atoms with van der Waals surface area (Å²) in [5.41, 5.74) is 3.05. The maximum atomic E-state index is 4.46. The summed E-state index contributed by atoms with van der Waals surface area (Å²) in [6.07, 6.45) is 4.03. The van der Waals surface area contributed by atoms with Crippen LogP contribution in [0.1, 0.15) is 31.7 Å². The molecule has 2 aromatic rings. The van der Waals surface area contributed by atoms with E-state index in [-0.39, 0.29) is 0 Å². The van der Waals surface area contributed by atoms with Crippen LogP contribution in [0.4, 0.5) is 0 Å². The van der Waals surface area contributed by atoms with E-state index in [1.807, 2.05) is 13.1 Å². The van der Waals surface area contributed by atoms with E-state index in [0.29, 0.717) is 5.92 Å². The highest BCUT2D eigenvalue weighted by Crippen LogP contribution is 2.12. The number of aryl methyl sites for hydroxylation is 2. The van der Waals surface area contributed by atoms with Gasteiger partial charge in [-0.15, -0.1) is 0 Å². The molecule has 0 saturated heterocycles. The van der Waals surface area contributed by atoms with Gasteiger partial charge in [-0.2, -0.15) is 0 Å². The maximum absolute atomic E-state index is 4.46. The molecule has 2 aromatic heterocycles. The van der Waals surface area contributed by atoms with Crippen molar-refractivity contribution in [1.82, 2.24) is 15.0 Å². The van der Waals surface area contributed by atoms with Gasteiger partial charge in [-0.1, -0.05) is 13.8 Å². The second-order valence-corrected chi connectivity index (χ2v) is 4.50. The number of fused-ring (bicyclic) bond motifs is 1. The summed E-state index contributed by atoms with van der Waals surface area (Å²) >= 11 is 0. The molecule has 0 bridgehead atoms. The Morgan fingerprint density at radius 2 is 2.20 bits per heavy atom. The smallest absolute Gasteiger partial charge is 0.177 e. The summed E-state index contributed by atoms with van der Waals surface area (Å²) in [6, 6.07) is 2.09. The molecule has 2 heterocycles. The third-order valence-electron chi connectivity index (χ3n) is 2.48. The zero-order chi connectivity index (χ0) is 10.8. The predicted molar refractivity (Wildman–Crippen MR) is 61.8 cm³/mol. The van der Waals surface area contributed by atoms with E-state index in [1.54, 1.807) is 0 Å². The van der Waals surface area contributed by atoms with Crippen molar-refractivity contribution in [3.8, 4) is 0 Å². The average molecular weight is 203 g/mol. The number of hydrogen-bond acceptors (Lipinski definition) is 2. The van der Waals surface area contributed by atoms with Crippen LogP contribution in [0.15, 0.2) is 12.3 Å². The number of hydrogen-bond donors (Lipinski definition) is 1. The molecule has 0 aliphatic rings. The van der Waals surface area contributed by atoms with E-state index in [1.165, 1.54) is 12.0 Å². The van der Waals surface area contributed by atoms with Crippen LogP contribution in [0.3, 0.4) is 0 Å². The first-order valence-corrected chi connectivity index (χ1v) is 5.46. The number of aromatic amines is 1. The normalized spacial score (nSPS) is 11.5. The fourth-order valence-corrected chi connectivity index (χ4v) is 1.60. The number of H-pyrrole nitrogens is 1. The first-order valence-electron chi connectivity index (χ1n) is 5.46. The zero-order valence-corrected chi connectivity index (χ0v) is 9.54. The van der Waals surface area contributed by atoms with Crippen LogP contribution >= 0.6 is 0 Å². The molecule has 2 rings (SSSR count). The van der Waals surface area contributed by atoms with Crippen LogP contribution in [0.2, 0.25) is 0 Å². The first-order chi connectivity index (χ1) is 7.15. The molecule has 0 spiro atoms. The molecule has 3 heteroatoms. The Labute approximate surface area is 90.0 Å². The van der Waals surface area contributed by atoms with Crippen molar-refractivity contribution in [2.45, 2.75) is 33.6 Å². The molecular weight excluding hydrogens is 186 g/mol. The van der Waals surface area contributed by atoms with E-state index in [4.69, 9.17) is 0 Å². The van der Waals surface area contributed by atoms with Gasteiger partial charge < -0.3 is 4.98 Å². The minimum absolute atomic E-state index is 0.716. The SMILES string of the molecule is Cc1cnc2nc(CCC(C)C)[nH]c2c1.